The molecule has 1 aliphatic heterocycles. The van der Waals surface area contributed by atoms with Crippen molar-refractivity contribution in [1.29, 1.82) is 0 Å². The smallest absolute Gasteiger partial charge is 0.363 e. The molecule has 114 valence electrons. The molecule has 0 unspecified atom stereocenters. The first-order valence-electron chi connectivity index (χ1n) is 6.88. The number of nitrogens with zero attached hydrogens (tertiary/aromatic N) is 2. The SMILES string of the molecule is Cc1c(C2=N/C(=C\c3ccccc3)C(=O)O2)cccc1[N+](=O)[O-]. The molecule has 0 atom stereocenters. The van der Waals surface area contributed by atoms with E-state index in [0.29, 0.717) is 11.1 Å². The van der Waals surface area contributed by atoms with Crippen LogP contribution in [0.4, 0.5) is 5.69 Å². The fraction of sp³-hybridized carbons (Fsp3) is 0.0588. The molecule has 0 radical (unpaired) electrons. The van der Waals surface area contributed by atoms with Crippen LogP contribution in [-0.4, -0.2) is 16.8 Å². The number of hydrogen-bond donors (Lipinski definition) is 0. The number of nitro benzene ring substituents is 1. The number of cyclic esters (lactones) is 1. The van der Waals surface area contributed by atoms with Crippen molar-refractivity contribution < 1.29 is 14.5 Å². The van der Waals surface area contributed by atoms with Crippen LogP contribution in [0, 0.1) is 17.0 Å². The second kappa shape index (κ2) is 5.84. The monoisotopic (exact) mass is 308 g/mol. The lowest BCUT2D eigenvalue weighted by molar-refractivity contribution is -0.385. The first-order valence-corrected chi connectivity index (χ1v) is 6.88. The summed E-state index contributed by atoms with van der Waals surface area (Å²) in [5.41, 5.74) is 1.79. The Hall–Kier alpha value is -3.28. The number of esters is 1. The van der Waals surface area contributed by atoms with Gasteiger partial charge in [0.1, 0.15) is 0 Å². The van der Waals surface area contributed by atoms with Gasteiger partial charge in [0.05, 0.1) is 4.92 Å². The fourth-order valence-corrected chi connectivity index (χ4v) is 2.28. The van der Waals surface area contributed by atoms with Gasteiger partial charge in [0.15, 0.2) is 5.70 Å². The second-order valence-electron chi connectivity index (χ2n) is 4.95. The van der Waals surface area contributed by atoms with Crippen LogP contribution >= 0.6 is 0 Å². The summed E-state index contributed by atoms with van der Waals surface area (Å²) in [6.07, 6.45) is 1.61. The number of ether oxygens (including phenoxy) is 1. The lowest BCUT2D eigenvalue weighted by Gasteiger charge is -2.04. The molecule has 1 heterocycles. The normalized spacial score (nSPS) is 15.4. The quantitative estimate of drug-likeness (QED) is 0.377. The Balaban J connectivity index is 2.01. The van der Waals surface area contributed by atoms with Crippen molar-refractivity contribution in [2.45, 2.75) is 6.92 Å². The maximum atomic E-state index is 12.0. The molecule has 0 amide bonds. The maximum absolute atomic E-state index is 12.0. The summed E-state index contributed by atoms with van der Waals surface area (Å²) in [5, 5.41) is 11.0. The van der Waals surface area contributed by atoms with Gasteiger partial charge in [-0.2, -0.15) is 0 Å². The fourth-order valence-electron chi connectivity index (χ4n) is 2.28. The molecule has 0 aliphatic carbocycles. The maximum Gasteiger partial charge on any atom is 0.363 e. The van der Waals surface area contributed by atoms with Crippen LogP contribution < -0.4 is 0 Å². The minimum Gasteiger partial charge on any atom is -0.402 e. The zero-order chi connectivity index (χ0) is 16.4. The van der Waals surface area contributed by atoms with Gasteiger partial charge in [0.25, 0.3) is 5.69 Å². The summed E-state index contributed by atoms with van der Waals surface area (Å²) in [6, 6.07) is 13.8. The molecule has 0 fully saturated rings. The van der Waals surface area contributed by atoms with Gasteiger partial charge in [-0.25, -0.2) is 9.79 Å². The number of nitro groups is 1. The Morgan fingerprint density at radius 3 is 2.57 bits per heavy atom. The lowest BCUT2D eigenvalue weighted by atomic mass is 10.1. The summed E-state index contributed by atoms with van der Waals surface area (Å²) < 4.78 is 5.17. The van der Waals surface area contributed by atoms with E-state index < -0.39 is 10.9 Å². The van der Waals surface area contributed by atoms with Crippen molar-refractivity contribution in [3.8, 4) is 0 Å². The van der Waals surface area contributed by atoms with E-state index in [4.69, 9.17) is 4.74 Å². The van der Waals surface area contributed by atoms with Gasteiger partial charge in [-0.3, -0.25) is 10.1 Å². The summed E-state index contributed by atoms with van der Waals surface area (Å²) >= 11 is 0. The predicted octanol–water partition coefficient (Wildman–Crippen LogP) is 3.25. The molecule has 2 aromatic carbocycles. The summed E-state index contributed by atoms with van der Waals surface area (Å²) in [6.45, 7) is 1.60. The van der Waals surface area contributed by atoms with E-state index in [1.807, 2.05) is 30.3 Å². The first-order chi connectivity index (χ1) is 11.1. The predicted molar refractivity (Wildman–Crippen MR) is 84.9 cm³/mol. The Bertz CT molecular complexity index is 854. The van der Waals surface area contributed by atoms with Crippen LogP contribution in [0.1, 0.15) is 16.7 Å². The summed E-state index contributed by atoms with van der Waals surface area (Å²) in [7, 11) is 0. The standard InChI is InChI=1S/C17H12N2O4/c1-11-13(8-5-9-15(11)19(21)22)16-18-14(17(20)23-16)10-12-6-3-2-4-7-12/h2-10H,1H3/b14-10-. The third kappa shape index (κ3) is 2.87. The second-order valence-corrected chi connectivity index (χ2v) is 4.95. The van der Waals surface area contributed by atoms with Gasteiger partial charge >= 0.3 is 5.97 Å². The van der Waals surface area contributed by atoms with E-state index in [-0.39, 0.29) is 17.3 Å². The van der Waals surface area contributed by atoms with Crippen LogP contribution in [0.3, 0.4) is 0 Å². The largest absolute Gasteiger partial charge is 0.402 e. The number of carbonyl (C=O) groups is 1. The van der Waals surface area contributed by atoms with Crippen LogP contribution in [0.25, 0.3) is 6.08 Å². The van der Waals surface area contributed by atoms with E-state index in [1.54, 1.807) is 19.1 Å². The number of rotatable bonds is 3. The molecule has 2 aromatic rings. The van der Waals surface area contributed by atoms with Crippen molar-refractivity contribution in [2.24, 2.45) is 4.99 Å². The zero-order valence-electron chi connectivity index (χ0n) is 12.2. The molecule has 0 saturated carbocycles. The number of benzene rings is 2. The highest BCUT2D eigenvalue weighted by atomic mass is 16.6. The van der Waals surface area contributed by atoms with Crippen molar-refractivity contribution in [3.05, 3.63) is 81.0 Å². The van der Waals surface area contributed by atoms with E-state index in [9.17, 15) is 14.9 Å². The molecule has 0 aromatic heterocycles. The molecule has 1 aliphatic rings. The molecule has 23 heavy (non-hydrogen) atoms. The van der Waals surface area contributed by atoms with Crippen LogP contribution in [0.2, 0.25) is 0 Å². The molecule has 6 nitrogen and oxygen atoms in total. The minimum absolute atomic E-state index is 0.0401. The molecule has 0 bridgehead atoms. The summed E-state index contributed by atoms with van der Waals surface area (Å²) in [4.78, 5) is 26.7. The minimum atomic E-state index is -0.574. The molecule has 6 heteroatoms. The topological polar surface area (TPSA) is 81.8 Å². The number of carbonyl (C=O) groups excluding carboxylic acids is 1. The van der Waals surface area contributed by atoms with Gasteiger partial charge in [-0.05, 0) is 24.6 Å². The lowest BCUT2D eigenvalue weighted by Crippen LogP contribution is -2.08. The third-order valence-corrected chi connectivity index (χ3v) is 3.46. The van der Waals surface area contributed by atoms with Crippen LogP contribution in [0.15, 0.2) is 59.2 Å². The highest BCUT2D eigenvalue weighted by Gasteiger charge is 2.27. The summed E-state index contributed by atoms with van der Waals surface area (Å²) in [5.74, 6) is -0.492. The van der Waals surface area contributed by atoms with Crippen molar-refractivity contribution >= 4 is 23.6 Å². The van der Waals surface area contributed by atoms with E-state index in [2.05, 4.69) is 4.99 Å². The molecule has 0 N–H and O–H groups in total. The van der Waals surface area contributed by atoms with Gasteiger partial charge in [-0.15, -0.1) is 0 Å². The Kier molecular flexibility index (Phi) is 3.72. The molecular formula is C17H12N2O4. The number of hydrogen-bond acceptors (Lipinski definition) is 5. The Morgan fingerprint density at radius 2 is 1.87 bits per heavy atom. The van der Waals surface area contributed by atoms with E-state index in [1.165, 1.54) is 12.1 Å². The first kappa shape index (κ1) is 14.6. The number of aliphatic imine (C=N–C) groups is 1. The molecular weight excluding hydrogens is 296 g/mol. The Morgan fingerprint density at radius 1 is 1.13 bits per heavy atom. The Labute approximate surface area is 131 Å². The highest BCUT2D eigenvalue weighted by Crippen LogP contribution is 2.25. The van der Waals surface area contributed by atoms with Gasteiger partial charge in [-0.1, -0.05) is 36.4 Å². The highest BCUT2D eigenvalue weighted by molar-refractivity contribution is 6.13. The van der Waals surface area contributed by atoms with Gasteiger partial charge in [0.2, 0.25) is 5.90 Å². The molecule has 0 spiro atoms. The van der Waals surface area contributed by atoms with E-state index >= 15 is 0 Å². The van der Waals surface area contributed by atoms with E-state index in [0.717, 1.165) is 5.56 Å². The average Bonchev–Trinajstić information content (AvgIpc) is 2.89. The van der Waals surface area contributed by atoms with Crippen LogP contribution in [0.5, 0.6) is 0 Å². The van der Waals surface area contributed by atoms with Crippen molar-refractivity contribution in [3.63, 3.8) is 0 Å². The third-order valence-electron chi connectivity index (χ3n) is 3.46. The molecule has 3 rings (SSSR count). The molecule has 0 saturated heterocycles. The average molecular weight is 308 g/mol. The van der Waals surface area contributed by atoms with Crippen molar-refractivity contribution in [1.82, 2.24) is 0 Å². The van der Waals surface area contributed by atoms with Gasteiger partial charge < -0.3 is 4.74 Å². The van der Waals surface area contributed by atoms with Crippen molar-refractivity contribution in [2.75, 3.05) is 0 Å². The zero-order valence-corrected chi connectivity index (χ0v) is 12.2. The van der Waals surface area contributed by atoms with Crippen LogP contribution in [-0.2, 0) is 9.53 Å². The van der Waals surface area contributed by atoms with Gasteiger partial charge in [0, 0.05) is 17.2 Å².